The lowest BCUT2D eigenvalue weighted by molar-refractivity contribution is -0.302. The highest BCUT2D eigenvalue weighted by Gasteiger charge is 2.44. The van der Waals surface area contributed by atoms with Gasteiger partial charge in [0.15, 0.2) is 6.29 Å². The molecule has 1 saturated heterocycles. The minimum atomic E-state index is -1.58. The number of nitrogens with one attached hydrogen (secondary N) is 1. The number of aliphatic hydroxyl groups excluding tert-OH is 5. The summed E-state index contributed by atoms with van der Waals surface area (Å²) in [6.45, 7) is 4.26. The van der Waals surface area contributed by atoms with Crippen LogP contribution in [0, 0.1) is 0 Å². The van der Waals surface area contributed by atoms with Crippen molar-refractivity contribution >= 4 is 11.9 Å². The van der Waals surface area contributed by atoms with Crippen LogP contribution in [0.15, 0.2) is 72.9 Å². The quantitative estimate of drug-likeness (QED) is 0.0195. The Morgan fingerprint density at radius 1 is 0.446 bits per heavy atom. The third kappa shape index (κ3) is 49.9. The molecule has 1 aliphatic rings. The smallest absolute Gasteiger partial charge is 0.305 e. The van der Waals surface area contributed by atoms with Crippen LogP contribution in [-0.2, 0) is 23.8 Å². The summed E-state index contributed by atoms with van der Waals surface area (Å²) < 4.78 is 16.7. The van der Waals surface area contributed by atoms with Gasteiger partial charge < -0.3 is 45.1 Å². The number of carbonyl (C=O) groups excluding carboxylic acids is 2. The van der Waals surface area contributed by atoms with Gasteiger partial charge in [-0.1, -0.05) is 260 Å². The molecule has 0 aliphatic carbocycles. The van der Waals surface area contributed by atoms with Crippen LogP contribution in [0.4, 0.5) is 0 Å². The third-order valence-corrected chi connectivity index (χ3v) is 16.0. The Labute approximate surface area is 509 Å². The van der Waals surface area contributed by atoms with E-state index in [4.69, 9.17) is 14.2 Å². The molecule has 1 heterocycles. The predicted molar refractivity (Wildman–Crippen MR) is 347 cm³/mol. The van der Waals surface area contributed by atoms with Gasteiger partial charge in [-0.2, -0.15) is 0 Å². The summed E-state index contributed by atoms with van der Waals surface area (Å²) in [7, 11) is 0. The zero-order valence-corrected chi connectivity index (χ0v) is 53.4. The minimum absolute atomic E-state index is 0.00689. The Morgan fingerprint density at radius 3 is 1.30 bits per heavy atom. The van der Waals surface area contributed by atoms with Gasteiger partial charge in [-0.25, -0.2) is 0 Å². The fourth-order valence-electron chi connectivity index (χ4n) is 10.5. The van der Waals surface area contributed by atoms with E-state index in [2.05, 4.69) is 79.9 Å². The van der Waals surface area contributed by atoms with Crippen molar-refractivity contribution in [3.05, 3.63) is 72.9 Å². The maximum absolute atomic E-state index is 13.1. The molecule has 0 aromatic rings. The van der Waals surface area contributed by atoms with E-state index in [1.165, 1.54) is 205 Å². The van der Waals surface area contributed by atoms with Crippen molar-refractivity contribution in [1.82, 2.24) is 5.32 Å². The first kappa shape index (κ1) is 78.1. The SMILES string of the molecule is CCCC/C=C\CCCCCCCC(=O)OCCCCCCCCCCC/C=C\C/C=C\CCCCCCCCCCCCCCCCCC(=O)NC(COC1OC(CO)C(O)C(O)C1O)C(O)/C=C/CC/C=C/CC/C=C/CCCCC. The van der Waals surface area contributed by atoms with Gasteiger partial charge in [0.05, 0.1) is 32.0 Å². The summed E-state index contributed by atoms with van der Waals surface area (Å²) in [5.74, 6) is -0.203. The van der Waals surface area contributed by atoms with Crippen molar-refractivity contribution in [1.29, 1.82) is 0 Å². The van der Waals surface area contributed by atoms with Gasteiger partial charge in [0.2, 0.25) is 5.91 Å². The van der Waals surface area contributed by atoms with Crippen molar-refractivity contribution in [2.75, 3.05) is 19.8 Å². The monoisotopic (exact) mass is 1170 g/mol. The van der Waals surface area contributed by atoms with E-state index in [-0.39, 0.29) is 18.5 Å². The number of hydrogen-bond acceptors (Lipinski definition) is 10. The Morgan fingerprint density at radius 2 is 0.831 bits per heavy atom. The molecule has 0 aromatic carbocycles. The molecular weight excluding hydrogens is 1040 g/mol. The Hall–Kier alpha value is -2.90. The van der Waals surface area contributed by atoms with E-state index in [0.717, 1.165) is 77.0 Å². The van der Waals surface area contributed by atoms with Crippen LogP contribution < -0.4 is 5.32 Å². The first-order chi connectivity index (χ1) is 40.7. The fraction of sp³-hybridized carbons (Fsp3) is 0.806. The van der Waals surface area contributed by atoms with Crippen LogP contribution >= 0.6 is 0 Å². The Kier molecular flexibility index (Phi) is 57.2. The van der Waals surface area contributed by atoms with Crippen LogP contribution in [0.1, 0.15) is 309 Å². The second-order valence-electron chi connectivity index (χ2n) is 23.8. The van der Waals surface area contributed by atoms with Gasteiger partial charge in [0.25, 0.3) is 0 Å². The molecule has 482 valence electrons. The first-order valence-electron chi connectivity index (χ1n) is 34.7. The van der Waals surface area contributed by atoms with Crippen LogP contribution in [0.5, 0.6) is 0 Å². The molecule has 0 saturated carbocycles. The number of aliphatic hydroxyl groups is 5. The maximum Gasteiger partial charge on any atom is 0.305 e. The summed E-state index contributed by atoms with van der Waals surface area (Å²) in [5.41, 5.74) is 0. The summed E-state index contributed by atoms with van der Waals surface area (Å²) >= 11 is 0. The summed E-state index contributed by atoms with van der Waals surface area (Å²) in [6.07, 6.45) is 71.8. The van der Waals surface area contributed by atoms with Gasteiger partial charge in [-0.3, -0.25) is 9.59 Å². The van der Waals surface area contributed by atoms with Crippen LogP contribution in [-0.4, -0.2) is 100 Å². The number of carbonyl (C=O) groups is 2. The van der Waals surface area contributed by atoms with E-state index in [1.807, 2.05) is 6.08 Å². The lowest BCUT2D eigenvalue weighted by Crippen LogP contribution is -2.60. The molecule has 11 heteroatoms. The van der Waals surface area contributed by atoms with Crippen molar-refractivity contribution in [2.24, 2.45) is 0 Å². The van der Waals surface area contributed by atoms with E-state index in [0.29, 0.717) is 19.4 Å². The topological polar surface area (TPSA) is 175 Å². The van der Waals surface area contributed by atoms with Crippen LogP contribution in [0.3, 0.4) is 0 Å². The van der Waals surface area contributed by atoms with Gasteiger partial charge >= 0.3 is 5.97 Å². The molecule has 0 bridgehead atoms. The number of ether oxygens (including phenoxy) is 3. The van der Waals surface area contributed by atoms with Crippen LogP contribution in [0.25, 0.3) is 0 Å². The van der Waals surface area contributed by atoms with Crippen LogP contribution in [0.2, 0.25) is 0 Å². The highest BCUT2D eigenvalue weighted by Crippen LogP contribution is 2.23. The predicted octanol–water partition coefficient (Wildman–Crippen LogP) is 17.5. The third-order valence-electron chi connectivity index (χ3n) is 16.0. The minimum Gasteiger partial charge on any atom is -0.466 e. The fourth-order valence-corrected chi connectivity index (χ4v) is 10.5. The van der Waals surface area contributed by atoms with Gasteiger partial charge in [-0.15, -0.1) is 0 Å². The number of esters is 1. The number of amides is 1. The average molecular weight is 1170 g/mol. The summed E-state index contributed by atoms with van der Waals surface area (Å²) in [6, 6.07) is -0.836. The second-order valence-corrected chi connectivity index (χ2v) is 23.8. The lowest BCUT2D eigenvalue weighted by atomic mass is 9.99. The standard InChI is InChI=1S/C72H129NO10/c1-3-5-7-9-11-13-15-35-39-42-46-50-54-58-65(75)64(63-82-72-71(80)70(79)69(78)66(62-74)83-72)73-67(76)59-55-51-47-43-40-36-33-31-29-27-25-23-21-19-17-16-18-20-22-24-26-28-30-32-34-37-41-45-49-53-57-61-81-68(77)60-56-52-48-44-38-14-12-10-8-6-4-2/h10-13,18,20,24,26,39,42,54,58,64-66,69-72,74-75,78-80H,3-9,14-17,19,21-23,25,27-38,40-41,43-53,55-57,59-63H2,1-2H3,(H,73,76)/b12-10-,13-11+,20-18-,26-24-,42-39+,58-54+. The molecule has 11 nitrogen and oxygen atoms in total. The molecule has 0 spiro atoms. The molecular formula is C72H129NO10. The molecule has 1 aliphatic heterocycles. The normalized spacial score (nSPS) is 18.6. The largest absolute Gasteiger partial charge is 0.466 e. The van der Waals surface area contributed by atoms with Crippen molar-refractivity contribution in [2.45, 2.75) is 352 Å². The lowest BCUT2D eigenvalue weighted by Gasteiger charge is -2.40. The van der Waals surface area contributed by atoms with Crippen molar-refractivity contribution in [3.63, 3.8) is 0 Å². The van der Waals surface area contributed by atoms with Gasteiger partial charge in [-0.05, 0) is 109 Å². The molecule has 1 amide bonds. The summed E-state index contributed by atoms with van der Waals surface area (Å²) in [5, 5.41) is 54.4. The van der Waals surface area contributed by atoms with Crippen molar-refractivity contribution in [3.8, 4) is 0 Å². The Bertz CT molecular complexity index is 1610. The molecule has 83 heavy (non-hydrogen) atoms. The van der Waals surface area contributed by atoms with E-state index >= 15 is 0 Å². The zero-order valence-electron chi connectivity index (χ0n) is 53.4. The molecule has 0 aromatic heterocycles. The molecule has 1 fully saturated rings. The van der Waals surface area contributed by atoms with E-state index in [1.54, 1.807) is 6.08 Å². The zero-order chi connectivity index (χ0) is 60.2. The maximum atomic E-state index is 13.1. The molecule has 7 unspecified atom stereocenters. The van der Waals surface area contributed by atoms with E-state index < -0.39 is 49.5 Å². The first-order valence-corrected chi connectivity index (χ1v) is 34.7. The Balaban J connectivity index is 2.00. The summed E-state index contributed by atoms with van der Waals surface area (Å²) in [4.78, 5) is 25.1. The second kappa shape index (κ2) is 60.8. The molecule has 6 N–H and O–H groups in total. The van der Waals surface area contributed by atoms with Gasteiger partial charge in [0, 0.05) is 12.8 Å². The average Bonchev–Trinajstić information content (AvgIpc) is 3.68. The molecule has 0 radical (unpaired) electrons. The molecule has 7 atom stereocenters. The van der Waals surface area contributed by atoms with Gasteiger partial charge in [0.1, 0.15) is 24.4 Å². The highest BCUT2D eigenvalue weighted by atomic mass is 16.7. The number of allylic oxidation sites excluding steroid dienone is 11. The van der Waals surface area contributed by atoms with Crippen molar-refractivity contribution < 1.29 is 49.3 Å². The van der Waals surface area contributed by atoms with E-state index in [9.17, 15) is 35.1 Å². The number of rotatable bonds is 60. The molecule has 1 rings (SSSR count). The number of hydrogen-bond donors (Lipinski definition) is 6. The number of unbranched alkanes of at least 4 members (excludes halogenated alkanes) is 36. The highest BCUT2D eigenvalue weighted by molar-refractivity contribution is 5.76.